The van der Waals surface area contributed by atoms with Crippen LogP contribution >= 0.6 is 23.5 Å². The van der Waals surface area contributed by atoms with E-state index < -0.39 is 0 Å². The second kappa shape index (κ2) is 9.34. The first kappa shape index (κ1) is 16.7. The van der Waals surface area contributed by atoms with Gasteiger partial charge >= 0.3 is 0 Å². The van der Waals surface area contributed by atoms with E-state index in [1.54, 1.807) is 11.8 Å². The SMILES string of the molecule is Cc1nsnc1CSCC(=O)NCCCN1CCOCC1. The van der Waals surface area contributed by atoms with Crippen molar-refractivity contribution in [2.75, 3.05) is 45.1 Å². The molecule has 1 aliphatic rings. The fraction of sp³-hybridized carbons (Fsp3) is 0.769. The fourth-order valence-corrected chi connectivity index (χ4v) is 3.53. The summed E-state index contributed by atoms with van der Waals surface area (Å²) in [4.78, 5) is 14.1. The van der Waals surface area contributed by atoms with Crippen molar-refractivity contribution in [1.82, 2.24) is 19.0 Å². The lowest BCUT2D eigenvalue weighted by Crippen LogP contribution is -2.38. The van der Waals surface area contributed by atoms with Gasteiger partial charge in [-0.1, -0.05) is 0 Å². The van der Waals surface area contributed by atoms with E-state index in [4.69, 9.17) is 4.74 Å². The molecular formula is C13H22N4O2S2. The largest absolute Gasteiger partial charge is 0.379 e. The number of aryl methyl sites for hydroxylation is 1. The van der Waals surface area contributed by atoms with Gasteiger partial charge in [0, 0.05) is 25.4 Å². The summed E-state index contributed by atoms with van der Waals surface area (Å²) in [6.07, 6.45) is 0.992. The number of carbonyl (C=O) groups is 1. The van der Waals surface area contributed by atoms with Crippen molar-refractivity contribution >= 4 is 29.4 Å². The van der Waals surface area contributed by atoms with Crippen LogP contribution in [0, 0.1) is 6.92 Å². The minimum Gasteiger partial charge on any atom is -0.379 e. The molecule has 1 amide bonds. The van der Waals surface area contributed by atoms with Gasteiger partial charge in [-0.05, 0) is 19.9 Å². The Labute approximate surface area is 134 Å². The zero-order valence-electron chi connectivity index (χ0n) is 12.3. The number of rotatable bonds is 8. The zero-order valence-corrected chi connectivity index (χ0v) is 14.0. The Balaban J connectivity index is 1.48. The van der Waals surface area contributed by atoms with Crippen molar-refractivity contribution in [1.29, 1.82) is 0 Å². The minimum atomic E-state index is 0.0998. The quantitative estimate of drug-likeness (QED) is 0.715. The average molecular weight is 330 g/mol. The molecule has 6 nitrogen and oxygen atoms in total. The molecule has 1 fully saturated rings. The van der Waals surface area contributed by atoms with Crippen LogP contribution in [-0.2, 0) is 15.3 Å². The molecule has 2 heterocycles. The van der Waals surface area contributed by atoms with E-state index in [-0.39, 0.29) is 5.91 Å². The van der Waals surface area contributed by atoms with E-state index in [1.807, 2.05) is 6.92 Å². The topological polar surface area (TPSA) is 67.4 Å². The maximum atomic E-state index is 11.7. The van der Waals surface area contributed by atoms with Gasteiger partial charge in [0.1, 0.15) is 0 Å². The molecule has 1 N–H and O–H groups in total. The number of hydrogen-bond donors (Lipinski definition) is 1. The molecule has 0 bridgehead atoms. The zero-order chi connectivity index (χ0) is 14.9. The summed E-state index contributed by atoms with van der Waals surface area (Å²) in [5.74, 6) is 1.33. The van der Waals surface area contributed by atoms with Crippen LogP contribution in [0.2, 0.25) is 0 Å². The van der Waals surface area contributed by atoms with Crippen molar-refractivity contribution in [2.24, 2.45) is 0 Å². The summed E-state index contributed by atoms with van der Waals surface area (Å²) in [7, 11) is 0. The Morgan fingerprint density at radius 3 is 2.95 bits per heavy atom. The van der Waals surface area contributed by atoms with Crippen molar-refractivity contribution in [3.8, 4) is 0 Å². The third kappa shape index (κ3) is 6.29. The van der Waals surface area contributed by atoms with Gasteiger partial charge in [0.25, 0.3) is 0 Å². The number of hydrogen-bond acceptors (Lipinski definition) is 7. The highest BCUT2D eigenvalue weighted by molar-refractivity contribution is 7.99. The van der Waals surface area contributed by atoms with Crippen molar-refractivity contribution in [3.63, 3.8) is 0 Å². The number of amides is 1. The highest BCUT2D eigenvalue weighted by Gasteiger charge is 2.10. The number of morpholine rings is 1. The maximum absolute atomic E-state index is 11.7. The molecule has 0 radical (unpaired) electrons. The van der Waals surface area contributed by atoms with Crippen LogP contribution in [0.25, 0.3) is 0 Å². The third-order valence-electron chi connectivity index (χ3n) is 3.30. The minimum absolute atomic E-state index is 0.0998. The predicted octanol–water partition coefficient (Wildman–Crippen LogP) is 0.918. The lowest BCUT2D eigenvalue weighted by atomic mass is 10.3. The standard InChI is InChI=1S/C13H22N4O2S2/c1-11-12(16-21-15-11)9-20-10-13(18)14-3-2-4-17-5-7-19-8-6-17/h2-10H2,1H3,(H,14,18). The van der Waals surface area contributed by atoms with E-state index in [9.17, 15) is 4.79 Å². The predicted molar refractivity (Wildman–Crippen MR) is 85.7 cm³/mol. The number of thioether (sulfide) groups is 1. The van der Waals surface area contributed by atoms with Crippen LogP contribution in [0.5, 0.6) is 0 Å². The van der Waals surface area contributed by atoms with Gasteiger partial charge in [0.05, 0.1) is 42.1 Å². The van der Waals surface area contributed by atoms with Gasteiger partial charge in [0.15, 0.2) is 0 Å². The molecule has 118 valence electrons. The van der Waals surface area contributed by atoms with E-state index in [1.165, 1.54) is 11.7 Å². The van der Waals surface area contributed by atoms with Gasteiger partial charge < -0.3 is 10.1 Å². The second-order valence-electron chi connectivity index (χ2n) is 4.95. The fourth-order valence-electron chi connectivity index (χ4n) is 2.03. The molecule has 0 unspecified atom stereocenters. The van der Waals surface area contributed by atoms with Crippen LogP contribution in [0.3, 0.4) is 0 Å². The molecular weight excluding hydrogens is 308 g/mol. The number of carbonyl (C=O) groups excluding carboxylic acids is 1. The molecule has 1 aromatic rings. The Morgan fingerprint density at radius 2 is 2.24 bits per heavy atom. The molecule has 2 rings (SSSR count). The van der Waals surface area contributed by atoms with Crippen LogP contribution < -0.4 is 5.32 Å². The third-order valence-corrected chi connectivity index (χ3v) is 4.90. The van der Waals surface area contributed by atoms with E-state index in [0.29, 0.717) is 5.75 Å². The maximum Gasteiger partial charge on any atom is 0.230 e. The Bertz CT molecular complexity index is 436. The van der Waals surface area contributed by atoms with Gasteiger partial charge in [0.2, 0.25) is 5.91 Å². The first-order valence-electron chi connectivity index (χ1n) is 7.18. The summed E-state index contributed by atoms with van der Waals surface area (Å²) in [6.45, 7) is 7.39. The number of aromatic nitrogens is 2. The summed E-state index contributed by atoms with van der Waals surface area (Å²) < 4.78 is 13.6. The Morgan fingerprint density at radius 1 is 1.43 bits per heavy atom. The van der Waals surface area contributed by atoms with Crippen molar-refractivity contribution < 1.29 is 9.53 Å². The Kier molecular flexibility index (Phi) is 7.42. The molecule has 0 atom stereocenters. The number of ether oxygens (including phenoxy) is 1. The highest BCUT2D eigenvalue weighted by Crippen LogP contribution is 2.13. The molecule has 21 heavy (non-hydrogen) atoms. The first-order chi connectivity index (χ1) is 10.3. The first-order valence-corrected chi connectivity index (χ1v) is 9.07. The van der Waals surface area contributed by atoms with Crippen LogP contribution in [-0.4, -0.2) is 64.7 Å². The molecule has 1 saturated heterocycles. The molecule has 0 spiro atoms. The van der Waals surface area contributed by atoms with E-state index >= 15 is 0 Å². The molecule has 0 saturated carbocycles. The molecule has 1 aliphatic heterocycles. The normalized spacial score (nSPS) is 16.0. The number of nitrogens with zero attached hydrogens (tertiary/aromatic N) is 3. The Hall–Kier alpha value is -0.700. The van der Waals surface area contributed by atoms with Gasteiger partial charge in [-0.25, -0.2) is 0 Å². The monoisotopic (exact) mass is 330 g/mol. The van der Waals surface area contributed by atoms with Crippen LogP contribution in [0.4, 0.5) is 0 Å². The van der Waals surface area contributed by atoms with E-state index in [2.05, 4.69) is 19.0 Å². The number of nitrogens with one attached hydrogen (secondary N) is 1. The van der Waals surface area contributed by atoms with Gasteiger partial charge in [-0.15, -0.1) is 11.8 Å². The molecule has 1 aromatic heterocycles. The lowest BCUT2D eigenvalue weighted by molar-refractivity contribution is -0.118. The molecule has 8 heteroatoms. The lowest BCUT2D eigenvalue weighted by Gasteiger charge is -2.26. The van der Waals surface area contributed by atoms with E-state index in [0.717, 1.165) is 63.0 Å². The van der Waals surface area contributed by atoms with Crippen LogP contribution in [0.15, 0.2) is 0 Å². The molecule has 0 aromatic carbocycles. The average Bonchev–Trinajstić information content (AvgIpc) is 2.90. The van der Waals surface area contributed by atoms with Gasteiger partial charge in [-0.2, -0.15) is 8.75 Å². The molecule has 0 aliphatic carbocycles. The summed E-state index contributed by atoms with van der Waals surface area (Å²) in [5.41, 5.74) is 1.96. The second-order valence-corrected chi connectivity index (χ2v) is 6.46. The summed E-state index contributed by atoms with van der Waals surface area (Å²) in [5, 5.41) is 2.97. The highest BCUT2D eigenvalue weighted by atomic mass is 32.2. The van der Waals surface area contributed by atoms with Crippen molar-refractivity contribution in [2.45, 2.75) is 19.1 Å². The summed E-state index contributed by atoms with van der Waals surface area (Å²) >= 11 is 2.81. The van der Waals surface area contributed by atoms with Crippen molar-refractivity contribution in [3.05, 3.63) is 11.4 Å². The smallest absolute Gasteiger partial charge is 0.230 e. The van der Waals surface area contributed by atoms with Crippen LogP contribution in [0.1, 0.15) is 17.8 Å². The van der Waals surface area contributed by atoms with Gasteiger partial charge in [-0.3, -0.25) is 9.69 Å². The summed E-state index contributed by atoms with van der Waals surface area (Å²) in [6, 6.07) is 0.